The van der Waals surface area contributed by atoms with Gasteiger partial charge in [0.05, 0.1) is 0 Å². The fraction of sp³-hybridized carbons (Fsp3) is 0.240. The molecule has 174 valence electrons. The lowest BCUT2D eigenvalue weighted by atomic mass is 10.1. The number of amides is 3. The largest absolute Gasteiger partial charge is 0.352 e. The second kappa shape index (κ2) is 10.1. The molecule has 0 fully saturated rings. The maximum Gasteiger partial charge on any atom is 0.323 e. The van der Waals surface area contributed by atoms with Crippen LogP contribution in [0.5, 0.6) is 0 Å². The van der Waals surface area contributed by atoms with Crippen molar-refractivity contribution in [3.8, 4) is 0 Å². The molecular formula is C25H27N7O2. The summed E-state index contributed by atoms with van der Waals surface area (Å²) in [5, 5.41) is 12.8. The van der Waals surface area contributed by atoms with Gasteiger partial charge in [-0.1, -0.05) is 24.3 Å². The van der Waals surface area contributed by atoms with Gasteiger partial charge in [0, 0.05) is 35.7 Å². The molecule has 2 heterocycles. The zero-order chi connectivity index (χ0) is 24.1. The van der Waals surface area contributed by atoms with E-state index < -0.39 is 0 Å². The van der Waals surface area contributed by atoms with Gasteiger partial charge < -0.3 is 16.0 Å². The molecule has 9 heteroatoms. The second-order valence-electron chi connectivity index (χ2n) is 8.16. The highest BCUT2D eigenvalue weighted by molar-refractivity contribution is 5.99. The van der Waals surface area contributed by atoms with Crippen molar-refractivity contribution >= 4 is 29.1 Å². The average molecular weight is 458 g/mol. The lowest BCUT2D eigenvalue weighted by Gasteiger charge is -2.11. The number of hydrogen-bond acceptors (Lipinski definition) is 5. The maximum absolute atomic E-state index is 12.5. The van der Waals surface area contributed by atoms with E-state index in [1.165, 1.54) is 6.33 Å². The lowest BCUT2D eigenvalue weighted by Crippen LogP contribution is -2.24. The van der Waals surface area contributed by atoms with Gasteiger partial charge in [-0.25, -0.2) is 14.3 Å². The Kier molecular flexibility index (Phi) is 6.82. The van der Waals surface area contributed by atoms with Crippen molar-refractivity contribution in [1.29, 1.82) is 0 Å². The number of rotatable bonds is 7. The molecule has 0 saturated carbocycles. The average Bonchev–Trinajstić information content (AvgIpc) is 3.26. The van der Waals surface area contributed by atoms with Gasteiger partial charge in [-0.2, -0.15) is 10.1 Å². The lowest BCUT2D eigenvalue weighted by molar-refractivity contribution is -0.121. The minimum atomic E-state index is -0.324. The van der Waals surface area contributed by atoms with Crippen LogP contribution in [0, 0.1) is 20.8 Å². The number of anilines is 2. The summed E-state index contributed by atoms with van der Waals surface area (Å²) in [6.45, 7) is 6.21. The normalized spacial score (nSPS) is 10.8. The van der Waals surface area contributed by atoms with Gasteiger partial charge in [-0.05, 0) is 68.1 Å². The summed E-state index contributed by atoms with van der Waals surface area (Å²) in [4.78, 5) is 33.3. The van der Waals surface area contributed by atoms with E-state index in [1.807, 2.05) is 63.2 Å². The highest BCUT2D eigenvalue weighted by atomic mass is 16.2. The van der Waals surface area contributed by atoms with E-state index in [0.29, 0.717) is 30.9 Å². The highest BCUT2D eigenvalue weighted by Crippen LogP contribution is 2.16. The van der Waals surface area contributed by atoms with Crippen LogP contribution in [0.15, 0.2) is 54.9 Å². The predicted molar refractivity (Wildman–Crippen MR) is 131 cm³/mol. The van der Waals surface area contributed by atoms with Crippen molar-refractivity contribution in [2.75, 3.05) is 10.6 Å². The molecule has 0 unspecified atom stereocenters. The Labute approximate surface area is 197 Å². The number of fused-ring (bicyclic) bond motifs is 1. The van der Waals surface area contributed by atoms with Crippen molar-refractivity contribution < 1.29 is 9.59 Å². The van der Waals surface area contributed by atoms with E-state index in [-0.39, 0.29) is 11.9 Å². The Hall–Kier alpha value is -4.27. The van der Waals surface area contributed by atoms with Gasteiger partial charge in [0.2, 0.25) is 5.91 Å². The number of hydrogen-bond donors (Lipinski definition) is 3. The molecule has 0 aliphatic rings. The van der Waals surface area contributed by atoms with Gasteiger partial charge in [0.1, 0.15) is 6.33 Å². The van der Waals surface area contributed by atoms with E-state index in [1.54, 1.807) is 10.6 Å². The molecule has 4 rings (SSSR count). The molecule has 0 radical (unpaired) electrons. The van der Waals surface area contributed by atoms with Crippen molar-refractivity contribution in [2.24, 2.45) is 0 Å². The fourth-order valence-corrected chi connectivity index (χ4v) is 3.82. The summed E-state index contributed by atoms with van der Waals surface area (Å²) >= 11 is 0. The topological polar surface area (TPSA) is 113 Å². The number of carbonyl (C=O) groups excluding carboxylic acids is 2. The highest BCUT2D eigenvalue weighted by Gasteiger charge is 2.12. The van der Waals surface area contributed by atoms with Crippen LogP contribution in [0.3, 0.4) is 0 Å². The molecule has 2 aromatic carbocycles. The van der Waals surface area contributed by atoms with Crippen LogP contribution >= 0.6 is 0 Å². The zero-order valence-electron chi connectivity index (χ0n) is 19.4. The summed E-state index contributed by atoms with van der Waals surface area (Å²) in [6.07, 6.45) is 2.37. The van der Waals surface area contributed by atoms with E-state index in [2.05, 4.69) is 31.0 Å². The molecule has 3 amide bonds. The Bertz CT molecular complexity index is 1350. The molecule has 0 aliphatic heterocycles. The number of carbonyl (C=O) groups is 2. The van der Waals surface area contributed by atoms with Crippen molar-refractivity contribution in [3.63, 3.8) is 0 Å². The molecule has 0 bridgehead atoms. The summed E-state index contributed by atoms with van der Waals surface area (Å²) in [5.74, 6) is 0.497. The Balaban J connectivity index is 1.29. The molecule has 3 N–H and O–H groups in total. The van der Waals surface area contributed by atoms with Crippen LogP contribution in [-0.2, 0) is 17.8 Å². The van der Waals surface area contributed by atoms with Gasteiger partial charge in [-0.3, -0.25) is 4.79 Å². The van der Waals surface area contributed by atoms with Crippen LogP contribution in [0.2, 0.25) is 0 Å². The SMILES string of the molecule is Cc1cccc(NC(=O)Nc2cccc(CNC(=O)CCc3c(C)nc4ncnn4c3C)c2)c1. The molecular weight excluding hydrogens is 430 g/mol. The first-order valence-electron chi connectivity index (χ1n) is 11.0. The first-order valence-corrected chi connectivity index (χ1v) is 11.0. The van der Waals surface area contributed by atoms with Gasteiger partial charge in [0.25, 0.3) is 5.78 Å². The first kappa shape index (κ1) is 22.9. The van der Waals surface area contributed by atoms with Crippen molar-refractivity contribution in [3.05, 3.63) is 82.9 Å². The number of nitrogens with one attached hydrogen (secondary N) is 3. The third-order valence-electron chi connectivity index (χ3n) is 5.54. The molecule has 0 aliphatic carbocycles. The van der Waals surface area contributed by atoms with Crippen molar-refractivity contribution in [2.45, 2.75) is 40.2 Å². The van der Waals surface area contributed by atoms with Crippen LogP contribution in [-0.4, -0.2) is 31.5 Å². The van der Waals surface area contributed by atoms with E-state index >= 15 is 0 Å². The Morgan fingerprint density at radius 1 is 0.971 bits per heavy atom. The minimum Gasteiger partial charge on any atom is -0.352 e. The predicted octanol–water partition coefficient (Wildman–Crippen LogP) is 3.94. The maximum atomic E-state index is 12.5. The third-order valence-corrected chi connectivity index (χ3v) is 5.54. The molecule has 0 saturated heterocycles. The Morgan fingerprint density at radius 3 is 2.47 bits per heavy atom. The van der Waals surface area contributed by atoms with Gasteiger partial charge >= 0.3 is 6.03 Å². The minimum absolute atomic E-state index is 0.0620. The molecule has 0 atom stereocenters. The van der Waals surface area contributed by atoms with Crippen molar-refractivity contribution in [1.82, 2.24) is 24.9 Å². The number of aryl methyl sites for hydroxylation is 3. The second-order valence-corrected chi connectivity index (χ2v) is 8.16. The summed E-state index contributed by atoms with van der Waals surface area (Å²) in [7, 11) is 0. The Morgan fingerprint density at radius 2 is 1.71 bits per heavy atom. The number of benzene rings is 2. The van der Waals surface area contributed by atoms with Crippen LogP contribution in [0.4, 0.5) is 16.2 Å². The number of nitrogens with zero attached hydrogens (tertiary/aromatic N) is 4. The number of aromatic nitrogens is 4. The molecule has 9 nitrogen and oxygen atoms in total. The molecule has 34 heavy (non-hydrogen) atoms. The van der Waals surface area contributed by atoms with Gasteiger partial charge in [-0.15, -0.1) is 0 Å². The summed E-state index contributed by atoms with van der Waals surface area (Å²) in [6, 6.07) is 14.7. The molecule has 0 spiro atoms. The van der Waals surface area contributed by atoms with E-state index in [9.17, 15) is 9.59 Å². The van der Waals surface area contributed by atoms with Gasteiger partial charge in [0.15, 0.2) is 0 Å². The monoisotopic (exact) mass is 457 g/mol. The summed E-state index contributed by atoms with van der Waals surface area (Å²) < 4.78 is 1.69. The smallest absolute Gasteiger partial charge is 0.323 e. The molecule has 2 aromatic heterocycles. The first-order chi connectivity index (χ1) is 16.4. The number of urea groups is 1. The third kappa shape index (κ3) is 5.55. The summed E-state index contributed by atoms with van der Waals surface area (Å²) in [5.41, 5.74) is 6.12. The van der Waals surface area contributed by atoms with E-state index in [4.69, 9.17) is 0 Å². The van der Waals surface area contributed by atoms with E-state index in [0.717, 1.165) is 33.8 Å². The fourth-order valence-electron chi connectivity index (χ4n) is 3.82. The van der Waals surface area contributed by atoms with Crippen LogP contribution < -0.4 is 16.0 Å². The zero-order valence-corrected chi connectivity index (χ0v) is 19.4. The standard InChI is InChI=1S/C25H27N7O2/c1-16-6-4-8-20(12-16)30-25(34)31-21-9-5-7-19(13-21)14-26-23(33)11-10-22-17(2)29-24-27-15-28-32(24)18(22)3/h4-9,12-13,15H,10-11,14H2,1-3H3,(H,26,33)(H2,30,31,34). The molecule has 4 aromatic rings. The van der Waals surface area contributed by atoms with Crippen LogP contribution in [0.25, 0.3) is 5.78 Å². The van der Waals surface area contributed by atoms with Crippen LogP contribution in [0.1, 0.15) is 34.5 Å². The quantitative estimate of drug-likeness (QED) is 0.389.